The topological polar surface area (TPSA) is 29.5 Å². The Morgan fingerprint density at radius 2 is 1.76 bits per heavy atom. The fourth-order valence-electron chi connectivity index (χ4n) is 1.88. The van der Waals surface area contributed by atoms with Crippen molar-refractivity contribution in [2.75, 3.05) is 0 Å². The Labute approximate surface area is 124 Å². The third-order valence-corrected chi connectivity index (χ3v) is 3.21. The van der Waals surface area contributed by atoms with E-state index < -0.39 is 18.5 Å². The summed E-state index contributed by atoms with van der Waals surface area (Å²) in [5.74, 6) is -0.541. The molecule has 0 aromatic heterocycles. The van der Waals surface area contributed by atoms with E-state index in [1.54, 1.807) is 6.07 Å². The fourth-order valence-corrected chi connectivity index (χ4v) is 2.00. The molecule has 21 heavy (non-hydrogen) atoms. The summed E-state index contributed by atoms with van der Waals surface area (Å²) >= 11 is 5.58. The molecule has 0 aliphatic heterocycles. The van der Waals surface area contributed by atoms with E-state index >= 15 is 0 Å². The van der Waals surface area contributed by atoms with E-state index in [9.17, 15) is 18.3 Å². The third-order valence-electron chi connectivity index (χ3n) is 2.90. The van der Waals surface area contributed by atoms with Gasteiger partial charge >= 0.3 is 6.61 Å². The number of halogens is 4. The van der Waals surface area contributed by atoms with E-state index in [4.69, 9.17) is 11.6 Å². The van der Waals surface area contributed by atoms with Crippen molar-refractivity contribution in [1.82, 2.24) is 0 Å². The van der Waals surface area contributed by atoms with Gasteiger partial charge in [-0.15, -0.1) is 0 Å². The molecule has 0 bridgehead atoms. The minimum Gasteiger partial charge on any atom is -0.435 e. The van der Waals surface area contributed by atoms with Gasteiger partial charge in [0.15, 0.2) is 0 Å². The van der Waals surface area contributed by atoms with Crippen molar-refractivity contribution in [2.24, 2.45) is 0 Å². The van der Waals surface area contributed by atoms with E-state index in [2.05, 4.69) is 4.74 Å². The molecule has 0 heterocycles. The number of aliphatic hydroxyl groups is 1. The van der Waals surface area contributed by atoms with Gasteiger partial charge in [-0.1, -0.05) is 29.8 Å². The van der Waals surface area contributed by atoms with Crippen LogP contribution in [0.3, 0.4) is 0 Å². The minimum atomic E-state index is -2.89. The molecule has 0 radical (unpaired) electrons. The molecule has 0 saturated carbocycles. The molecule has 1 atom stereocenters. The lowest BCUT2D eigenvalue weighted by Gasteiger charge is -2.12. The van der Waals surface area contributed by atoms with Gasteiger partial charge < -0.3 is 9.84 Å². The average Bonchev–Trinajstić information content (AvgIpc) is 2.43. The SMILES string of the molecule is OC(Cc1ccc(Cl)c(F)c1)c1ccc(OC(F)F)cc1. The Morgan fingerprint density at radius 3 is 2.33 bits per heavy atom. The van der Waals surface area contributed by atoms with E-state index in [1.807, 2.05) is 0 Å². The van der Waals surface area contributed by atoms with Crippen LogP contribution >= 0.6 is 11.6 Å². The Hall–Kier alpha value is -1.72. The zero-order valence-corrected chi connectivity index (χ0v) is 11.5. The van der Waals surface area contributed by atoms with Crippen LogP contribution in [0.25, 0.3) is 0 Å². The lowest BCUT2D eigenvalue weighted by Crippen LogP contribution is -2.04. The second kappa shape index (κ2) is 6.83. The molecule has 2 nitrogen and oxygen atoms in total. The monoisotopic (exact) mass is 316 g/mol. The van der Waals surface area contributed by atoms with Gasteiger partial charge in [0.1, 0.15) is 11.6 Å². The first-order valence-electron chi connectivity index (χ1n) is 6.12. The van der Waals surface area contributed by atoms with Crippen LogP contribution in [0, 0.1) is 5.82 Å². The first kappa shape index (κ1) is 15.7. The first-order chi connectivity index (χ1) is 9.95. The van der Waals surface area contributed by atoms with Crippen molar-refractivity contribution in [3.63, 3.8) is 0 Å². The molecule has 0 saturated heterocycles. The molecule has 1 N–H and O–H groups in total. The maximum absolute atomic E-state index is 13.3. The maximum Gasteiger partial charge on any atom is 0.387 e. The molecule has 0 fully saturated rings. The smallest absolute Gasteiger partial charge is 0.387 e. The predicted molar refractivity (Wildman–Crippen MR) is 73.1 cm³/mol. The highest BCUT2D eigenvalue weighted by Crippen LogP contribution is 2.24. The van der Waals surface area contributed by atoms with Gasteiger partial charge in [0, 0.05) is 6.42 Å². The molecule has 0 aliphatic carbocycles. The quantitative estimate of drug-likeness (QED) is 0.888. The molecular weight excluding hydrogens is 305 g/mol. The fraction of sp³-hybridized carbons (Fsp3) is 0.200. The summed E-state index contributed by atoms with van der Waals surface area (Å²) in [6.07, 6.45) is -0.700. The van der Waals surface area contributed by atoms with Crippen LogP contribution in [0.2, 0.25) is 5.02 Å². The van der Waals surface area contributed by atoms with Gasteiger partial charge in [-0.2, -0.15) is 8.78 Å². The average molecular weight is 317 g/mol. The van der Waals surface area contributed by atoms with Gasteiger partial charge in [-0.25, -0.2) is 4.39 Å². The molecule has 0 spiro atoms. The largest absolute Gasteiger partial charge is 0.435 e. The zero-order valence-electron chi connectivity index (χ0n) is 10.8. The van der Waals surface area contributed by atoms with Crippen molar-refractivity contribution in [2.45, 2.75) is 19.1 Å². The summed E-state index contributed by atoms with van der Waals surface area (Å²) in [5.41, 5.74) is 1.10. The predicted octanol–water partition coefficient (Wildman–Crippen LogP) is 4.36. The van der Waals surface area contributed by atoms with Gasteiger partial charge in [-0.3, -0.25) is 0 Å². The van der Waals surface area contributed by atoms with Gasteiger partial charge in [-0.05, 0) is 35.4 Å². The number of aliphatic hydroxyl groups excluding tert-OH is 1. The summed E-state index contributed by atoms with van der Waals surface area (Å²) < 4.78 is 41.6. The molecule has 2 aromatic rings. The maximum atomic E-state index is 13.3. The van der Waals surface area contributed by atoms with E-state index in [0.29, 0.717) is 11.1 Å². The van der Waals surface area contributed by atoms with Crippen LogP contribution in [-0.4, -0.2) is 11.7 Å². The summed E-state index contributed by atoms with van der Waals surface area (Å²) in [6, 6.07) is 9.92. The highest BCUT2D eigenvalue weighted by atomic mass is 35.5. The number of benzene rings is 2. The number of hydrogen-bond donors (Lipinski definition) is 1. The van der Waals surface area contributed by atoms with Crippen molar-refractivity contribution >= 4 is 11.6 Å². The van der Waals surface area contributed by atoms with E-state index in [0.717, 1.165) is 0 Å². The second-order valence-corrected chi connectivity index (χ2v) is 4.82. The third kappa shape index (κ3) is 4.37. The van der Waals surface area contributed by atoms with E-state index in [1.165, 1.54) is 36.4 Å². The van der Waals surface area contributed by atoms with Crippen molar-refractivity contribution in [3.8, 4) is 5.75 Å². The lowest BCUT2D eigenvalue weighted by atomic mass is 10.0. The molecule has 1 unspecified atom stereocenters. The Kier molecular flexibility index (Phi) is 5.09. The Balaban J connectivity index is 2.05. The normalized spacial score (nSPS) is 12.5. The van der Waals surface area contributed by atoms with Crippen LogP contribution in [0.1, 0.15) is 17.2 Å². The molecule has 0 aliphatic rings. The van der Waals surface area contributed by atoms with Crippen LogP contribution in [-0.2, 0) is 6.42 Å². The number of rotatable bonds is 5. The summed E-state index contributed by atoms with van der Waals surface area (Å²) in [5, 5.41) is 10.1. The van der Waals surface area contributed by atoms with Crippen molar-refractivity contribution < 1.29 is 23.0 Å². The highest BCUT2D eigenvalue weighted by molar-refractivity contribution is 6.30. The standard InChI is InChI=1S/C15H12ClF3O2/c16-12-6-1-9(7-13(12)17)8-14(20)10-2-4-11(5-3-10)21-15(18)19/h1-7,14-15,20H,8H2. The zero-order chi connectivity index (χ0) is 15.4. The molecule has 2 rings (SSSR count). The molecule has 6 heteroatoms. The van der Waals surface area contributed by atoms with Crippen LogP contribution in [0.4, 0.5) is 13.2 Å². The summed E-state index contributed by atoms with van der Waals surface area (Å²) in [7, 11) is 0. The van der Waals surface area contributed by atoms with Gasteiger partial charge in [0.05, 0.1) is 11.1 Å². The van der Waals surface area contributed by atoms with Crippen LogP contribution < -0.4 is 4.74 Å². The Bertz CT molecular complexity index is 602. The molecular formula is C15H12ClF3O2. The van der Waals surface area contributed by atoms with Crippen molar-refractivity contribution in [3.05, 3.63) is 64.4 Å². The Morgan fingerprint density at radius 1 is 1.10 bits per heavy atom. The molecule has 0 amide bonds. The van der Waals surface area contributed by atoms with Crippen LogP contribution in [0.5, 0.6) is 5.75 Å². The highest BCUT2D eigenvalue weighted by Gasteiger charge is 2.11. The summed E-state index contributed by atoms with van der Waals surface area (Å²) in [6.45, 7) is -2.89. The number of hydrogen-bond acceptors (Lipinski definition) is 2. The van der Waals surface area contributed by atoms with Crippen LogP contribution in [0.15, 0.2) is 42.5 Å². The first-order valence-corrected chi connectivity index (χ1v) is 6.50. The second-order valence-electron chi connectivity index (χ2n) is 4.42. The van der Waals surface area contributed by atoms with Gasteiger partial charge in [0.2, 0.25) is 0 Å². The summed E-state index contributed by atoms with van der Waals surface area (Å²) in [4.78, 5) is 0. The lowest BCUT2D eigenvalue weighted by molar-refractivity contribution is -0.0498. The van der Waals surface area contributed by atoms with Crippen molar-refractivity contribution in [1.29, 1.82) is 0 Å². The number of ether oxygens (including phenoxy) is 1. The minimum absolute atomic E-state index is 0.0125. The molecule has 112 valence electrons. The number of alkyl halides is 2. The van der Waals surface area contributed by atoms with Gasteiger partial charge in [0.25, 0.3) is 0 Å². The molecule has 2 aromatic carbocycles. The van der Waals surface area contributed by atoms with E-state index in [-0.39, 0.29) is 17.2 Å².